The molecule has 0 aliphatic carbocycles. The van der Waals surface area contributed by atoms with Crippen molar-refractivity contribution in [3.8, 4) is 11.5 Å². The van der Waals surface area contributed by atoms with Gasteiger partial charge in [0, 0.05) is 5.56 Å². The maximum absolute atomic E-state index is 13.2. The van der Waals surface area contributed by atoms with Gasteiger partial charge in [-0.3, -0.25) is 0 Å². The van der Waals surface area contributed by atoms with Crippen LogP contribution in [0.25, 0.3) is 6.08 Å². The molecular weight excluding hydrogens is 425 g/mol. The number of benzene rings is 2. The summed E-state index contributed by atoms with van der Waals surface area (Å²) in [7, 11) is 1.18. The summed E-state index contributed by atoms with van der Waals surface area (Å²) in [5.74, 6) is -3.39. The quantitative estimate of drug-likeness (QED) is 0.464. The Bertz CT molecular complexity index is 962. The lowest BCUT2D eigenvalue weighted by Gasteiger charge is -2.17. The smallest absolute Gasteiger partial charge is 0.416 e. The van der Waals surface area contributed by atoms with E-state index >= 15 is 0 Å². The van der Waals surface area contributed by atoms with E-state index in [1.54, 1.807) is 0 Å². The van der Waals surface area contributed by atoms with Crippen LogP contribution >= 0.6 is 0 Å². The zero-order chi connectivity index (χ0) is 22.7. The first-order valence-electron chi connectivity index (χ1n) is 8.01. The summed E-state index contributed by atoms with van der Waals surface area (Å²) in [5, 5.41) is 8.53. The van der Waals surface area contributed by atoms with Crippen molar-refractivity contribution < 1.29 is 50.1 Å². The molecule has 30 heavy (non-hydrogen) atoms. The van der Waals surface area contributed by atoms with Gasteiger partial charge in [-0.1, -0.05) is 12.1 Å². The predicted octanol–water partition coefficient (Wildman–Crippen LogP) is 5.71. The second-order valence-electron chi connectivity index (χ2n) is 5.86. The van der Waals surface area contributed by atoms with Gasteiger partial charge in [0.05, 0.1) is 18.2 Å². The molecule has 0 heterocycles. The summed E-state index contributed by atoms with van der Waals surface area (Å²) < 4.78 is 101. The Balaban J connectivity index is 2.32. The fourth-order valence-corrected chi connectivity index (χ4v) is 2.40. The molecule has 0 saturated carbocycles. The van der Waals surface area contributed by atoms with Crippen LogP contribution in [0.5, 0.6) is 11.5 Å². The van der Waals surface area contributed by atoms with E-state index in [1.807, 2.05) is 0 Å². The maximum atomic E-state index is 13.2. The number of aliphatic carboxylic acids is 1. The molecule has 0 aromatic heterocycles. The number of carboxylic acids is 1. The number of carboxylic acid groups (broad SMARTS) is 1. The second kappa shape index (κ2) is 8.64. The molecule has 2 aromatic carbocycles. The third kappa shape index (κ3) is 5.65. The topological polar surface area (TPSA) is 55.8 Å². The Morgan fingerprint density at radius 3 is 2.20 bits per heavy atom. The molecule has 0 spiro atoms. The van der Waals surface area contributed by atoms with Crippen LogP contribution in [0.3, 0.4) is 0 Å². The minimum absolute atomic E-state index is 0.00149. The van der Waals surface area contributed by atoms with E-state index in [1.165, 1.54) is 25.3 Å². The molecule has 1 N–H and O–H groups in total. The Kier molecular flexibility index (Phi) is 6.63. The van der Waals surface area contributed by atoms with Gasteiger partial charge in [-0.25, -0.2) is 4.79 Å². The van der Waals surface area contributed by atoms with Gasteiger partial charge in [-0.05, 0) is 35.9 Å². The SMILES string of the molecule is COc1cc(C=C(F)C(=O)O)ccc1OCc1ccc(C(F)(F)F)cc1C(F)(F)F. The average molecular weight is 438 g/mol. The van der Waals surface area contributed by atoms with E-state index in [2.05, 4.69) is 0 Å². The van der Waals surface area contributed by atoms with Crippen LogP contribution in [0.4, 0.5) is 30.7 Å². The molecule has 0 bridgehead atoms. The summed E-state index contributed by atoms with van der Waals surface area (Å²) in [6.45, 7) is -0.734. The third-order valence-corrected chi connectivity index (χ3v) is 3.81. The number of alkyl halides is 6. The summed E-state index contributed by atoms with van der Waals surface area (Å²) in [5.41, 5.74) is -3.42. The zero-order valence-electron chi connectivity index (χ0n) is 15.1. The lowest BCUT2D eigenvalue weighted by molar-refractivity contribution is -0.143. The first-order chi connectivity index (χ1) is 13.8. The van der Waals surface area contributed by atoms with Crippen LogP contribution in [0.2, 0.25) is 0 Å². The molecule has 0 saturated heterocycles. The highest BCUT2D eigenvalue weighted by molar-refractivity contribution is 5.89. The molecule has 0 atom stereocenters. The number of hydrogen-bond acceptors (Lipinski definition) is 3. The zero-order valence-corrected chi connectivity index (χ0v) is 15.1. The van der Waals surface area contributed by atoms with Gasteiger partial charge in [0.25, 0.3) is 0 Å². The molecule has 162 valence electrons. The van der Waals surface area contributed by atoms with Crippen molar-refractivity contribution in [1.29, 1.82) is 0 Å². The highest BCUT2D eigenvalue weighted by Crippen LogP contribution is 2.38. The van der Waals surface area contributed by atoms with Gasteiger partial charge in [0.1, 0.15) is 6.61 Å². The molecule has 2 aromatic rings. The Morgan fingerprint density at radius 1 is 1.00 bits per heavy atom. The van der Waals surface area contributed by atoms with Crippen LogP contribution in [-0.4, -0.2) is 18.2 Å². The molecule has 4 nitrogen and oxygen atoms in total. The fourth-order valence-electron chi connectivity index (χ4n) is 2.40. The molecule has 2 rings (SSSR count). The molecule has 0 unspecified atom stereocenters. The predicted molar refractivity (Wildman–Crippen MR) is 90.5 cm³/mol. The molecule has 0 aliphatic heterocycles. The average Bonchev–Trinajstić information content (AvgIpc) is 2.65. The fraction of sp³-hybridized carbons (Fsp3) is 0.211. The number of halogens is 7. The maximum Gasteiger partial charge on any atom is 0.416 e. The van der Waals surface area contributed by atoms with Crippen LogP contribution in [-0.2, 0) is 23.8 Å². The van der Waals surface area contributed by atoms with Gasteiger partial charge in [0.2, 0.25) is 5.83 Å². The molecule has 0 fully saturated rings. The number of ether oxygens (including phenoxy) is 2. The van der Waals surface area contributed by atoms with Crippen molar-refractivity contribution >= 4 is 12.0 Å². The minimum Gasteiger partial charge on any atom is -0.493 e. The van der Waals surface area contributed by atoms with Crippen molar-refractivity contribution in [1.82, 2.24) is 0 Å². The molecule has 0 radical (unpaired) electrons. The first-order valence-corrected chi connectivity index (χ1v) is 8.01. The van der Waals surface area contributed by atoms with E-state index < -0.39 is 47.4 Å². The first kappa shape index (κ1) is 23.0. The Hall–Kier alpha value is -3.24. The Morgan fingerprint density at radius 2 is 1.67 bits per heavy atom. The molecule has 0 aliphatic rings. The van der Waals surface area contributed by atoms with Crippen molar-refractivity contribution in [3.05, 3.63) is 64.5 Å². The van der Waals surface area contributed by atoms with Crippen molar-refractivity contribution in [3.63, 3.8) is 0 Å². The summed E-state index contributed by atoms with van der Waals surface area (Å²) in [6.07, 6.45) is -9.31. The number of hydrogen-bond donors (Lipinski definition) is 1. The van der Waals surface area contributed by atoms with Gasteiger partial charge < -0.3 is 14.6 Å². The van der Waals surface area contributed by atoms with Crippen LogP contribution in [0.1, 0.15) is 22.3 Å². The van der Waals surface area contributed by atoms with Crippen LogP contribution in [0, 0.1) is 0 Å². The minimum atomic E-state index is -5.05. The van der Waals surface area contributed by atoms with E-state index in [0.29, 0.717) is 18.2 Å². The summed E-state index contributed by atoms with van der Waals surface area (Å²) in [4.78, 5) is 10.5. The highest BCUT2D eigenvalue weighted by atomic mass is 19.4. The molecule has 11 heteroatoms. The van der Waals surface area contributed by atoms with Crippen molar-refractivity contribution in [2.45, 2.75) is 19.0 Å². The number of methoxy groups -OCH3 is 1. The van der Waals surface area contributed by atoms with Gasteiger partial charge in [0.15, 0.2) is 11.5 Å². The number of rotatable bonds is 6. The van der Waals surface area contributed by atoms with Crippen LogP contribution in [0.15, 0.2) is 42.2 Å². The Labute approximate surface area is 165 Å². The van der Waals surface area contributed by atoms with E-state index in [0.717, 1.165) is 0 Å². The van der Waals surface area contributed by atoms with E-state index in [9.17, 15) is 35.5 Å². The lowest BCUT2D eigenvalue weighted by atomic mass is 10.0. The third-order valence-electron chi connectivity index (χ3n) is 3.81. The van der Waals surface area contributed by atoms with E-state index in [4.69, 9.17) is 14.6 Å². The number of carbonyl (C=O) groups is 1. The highest BCUT2D eigenvalue weighted by Gasteiger charge is 2.38. The summed E-state index contributed by atoms with van der Waals surface area (Å²) >= 11 is 0. The molecule has 0 amide bonds. The van der Waals surface area contributed by atoms with Gasteiger partial charge in [-0.15, -0.1) is 0 Å². The standard InChI is InChI=1S/C19H13F7O4/c1-29-16-7-10(6-14(20)17(27)28)2-5-15(16)30-9-11-3-4-12(18(21,22)23)8-13(11)19(24,25)26/h2-8H,9H2,1H3,(H,27,28). The largest absolute Gasteiger partial charge is 0.493 e. The normalized spacial score (nSPS) is 12.6. The second-order valence-corrected chi connectivity index (χ2v) is 5.86. The lowest BCUT2D eigenvalue weighted by Crippen LogP contribution is -2.14. The molecular formula is C19H13F7O4. The van der Waals surface area contributed by atoms with Gasteiger partial charge >= 0.3 is 18.3 Å². The van der Waals surface area contributed by atoms with Crippen molar-refractivity contribution in [2.24, 2.45) is 0 Å². The monoisotopic (exact) mass is 438 g/mol. The van der Waals surface area contributed by atoms with E-state index in [-0.39, 0.29) is 23.1 Å². The van der Waals surface area contributed by atoms with Gasteiger partial charge in [-0.2, -0.15) is 30.7 Å². The van der Waals surface area contributed by atoms with Crippen LogP contribution < -0.4 is 9.47 Å². The van der Waals surface area contributed by atoms with Crippen molar-refractivity contribution in [2.75, 3.05) is 7.11 Å². The summed E-state index contributed by atoms with van der Waals surface area (Å²) in [6, 6.07) is 4.76.